The molecule has 4 heteroatoms. The van der Waals surface area contributed by atoms with E-state index in [2.05, 4.69) is 9.97 Å². The Hall–Kier alpha value is -2.33. The molecule has 4 nitrogen and oxygen atoms in total. The molecule has 2 aromatic carbocycles. The summed E-state index contributed by atoms with van der Waals surface area (Å²) < 4.78 is 0. The summed E-state index contributed by atoms with van der Waals surface area (Å²) in [5.41, 5.74) is 16.7. The minimum atomic E-state index is -0.154. The molecule has 3 aromatic rings. The van der Waals surface area contributed by atoms with Gasteiger partial charge < -0.3 is 16.5 Å². The van der Waals surface area contributed by atoms with Crippen LogP contribution < -0.4 is 11.5 Å². The molecule has 0 aliphatic heterocycles. The summed E-state index contributed by atoms with van der Waals surface area (Å²) in [5, 5.41) is 0. The second kappa shape index (κ2) is 4.16. The largest absolute Gasteiger partial charge is 0.399 e. The van der Waals surface area contributed by atoms with Gasteiger partial charge in [-0.15, -0.1) is 0 Å². The van der Waals surface area contributed by atoms with Crippen molar-refractivity contribution in [3.8, 4) is 0 Å². The summed E-state index contributed by atoms with van der Waals surface area (Å²) in [5.74, 6) is 0. The molecule has 3 rings (SSSR count). The lowest BCUT2D eigenvalue weighted by atomic mass is 9.99. The SMILES string of the molecule is Nc1ccc(C(N)c2ccc3nc[nH]c3c2)cc1. The van der Waals surface area contributed by atoms with E-state index in [9.17, 15) is 0 Å². The first-order chi connectivity index (χ1) is 8.74. The fourth-order valence-corrected chi connectivity index (χ4v) is 2.04. The molecule has 5 N–H and O–H groups in total. The van der Waals surface area contributed by atoms with Crippen molar-refractivity contribution < 1.29 is 0 Å². The number of benzene rings is 2. The van der Waals surface area contributed by atoms with Crippen LogP contribution in [0.2, 0.25) is 0 Å². The van der Waals surface area contributed by atoms with Crippen LogP contribution in [0, 0.1) is 0 Å². The maximum atomic E-state index is 6.25. The molecule has 1 atom stereocenters. The fraction of sp³-hybridized carbons (Fsp3) is 0.0714. The van der Waals surface area contributed by atoms with Gasteiger partial charge in [0, 0.05) is 5.69 Å². The molecule has 0 radical (unpaired) electrons. The van der Waals surface area contributed by atoms with E-state index in [1.807, 2.05) is 42.5 Å². The number of nitrogen functional groups attached to an aromatic ring is 1. The van der Waals surface area contributed by atoms with Crippen molar-refractivity contribution in [1.29, 1.82) is 0 Å². The molecule has 0 aliphatic rings. The van der Waals surface area contributed by atoms with Gasteiger partial charge in [-0.1, -0.05) is 18.2 Å². The van der Waals surface area contributed by atoms with E-state index in [4.69, 9.17) is 11.5 Å². The standard InChI is InChI=1S/C14H14N4/c15-11-4-1-9(2-5-11)14(16)10-3-6-12-13(7-10)18-8-17-12/h1-8,14H,15-16H2,(H,17,18). The highest BCUT2D eigenvalue weighted by atomic mass is 14.9. The number of nitrogens with two attached hydrogens (primary N) is 2. The Morgan fingerprint density at radius 1 is 1.00 bits per heavy atom. The molecular formula is C14H14N4. The van der Waals surface area contributed by atoms with E-state index in [-0.39, 0.29) is 6.04 Å². The molecule has 1 aromatic heterocycles. The van der Waals surface area contributed by atoms with Crippen molar-refractivity contribution in [2.24, 2.45) is 5.73 Å². The van der Waals surface area contributed by atoms with Crippen LogP contribution in [0.25, 0.3) is 11.0 Å². The first-order valence-corrected chi connectivity index (χ1v) is 5.78. The molecule has 0 saturated carbocycles. The zero-order valence-corrected chi connectivity index (χ0v) is 9.80. The summed E-state index contributed by atoms with van der Waals surface area (Å²) in [6.07, 6.45) is 1.68. The third kappa shape index (κ3) is 1.83. The fourth-order valence-electron chi connectivity index (χ4n) is 2.04. The molecule has 1 heterocycles. The summed E-state index contributed by atoms with van der Waals surface area (Å²) in [6, 6.07) is 13.5. The average Bonchev–Trinajstić information content (AvgIpc) is 2.86. The average molecular weight is 238 g/mol. The molecule has 0 aliphatic carbocycles. The zero-order chi connectivity index (χ0) is 12.5. The quantitative estimate of drug-likeness (QED) is 0.599. The maximum absolute atomic E-state index is 6.25. The van der Waals surface area contributed by atoms with Gasteiger partial charge in [-0.25, -0.2) is 4.98 Å². The third-order valence-electron chi connectivity index (χ3n) is 3.10. The first kappa shape index (κ1) is 10.8. The predicted octanol–water partition coefficient (Wildman–Crippen LogP) is 2.19. The topological polar surface area (TPSA) is 80.7 Å². The van der Waals surface area contributed by atoms with Crippen LogP contribution in [0.5, 0.6) is 0 Å². The van der Waals surface area contributed by atoms with Crippen molar-refractivity contribution in [3.63, 3.8) is 0 Å². The highest BCUT2D eigenvalue weighted by molar-refractivity contribution is 5.75. The van der Waals surface area contributed by atoms with Crippen molar-refractivity contribution in [1.82, 2.24) is 9.97 Å². The number of fused-ring (bicyclic) bond motifs is 1. The number of imidazole rings is 1. The normalized spacial score (nSPS) is 12.7. The van der Waals surface area contributed by atoms with Gasteiger partial charge in [0.1, 0.15) is 0 Å². The smallest absolute Gasteiger partial charge is 0.0931 e. The minimum Gasteiger partial charge on any atom is -0.399 e. The molecule has 0 saturated heterocycles. The van der Waals surface area contributed by atoms with Crippen molar-refractivity contribution >= 4 is 16.7 Å². The van der Waals surface area contributed by atoms with E-state index in [1.54, 1.807) is 6.33 Å². The summed E-state index contributed by atoms with van der Waals surface area (Å²) in [7, 11) is 0. The summed E-state index contributed by atoms with van der Waals surface area (Å²) >= 11 is 0. The van der Waals surface area contributed by atoms with Crippen LogP contribution >= 0.6 is 0 Å². The number of aromatic nitrogens is 2. The molecule has 0 fully saturated rings. The number of hydrogen-bond donors (Lipinski definition) is 3. The maximum Gasteiger partial charge on any atom is 0.0931 e. The van der Waals surface area contributed by atoms with Gasteiger partial charge in [0.05, 0.1) is 23.4 Å². The Bertz CT molecular complexity index is 670. The third-order valence-corrected chi connectivity index (χ3v) is 3.10. The number of rotatable bonds is 2. The molecule has 1 unspecified atom stereocenters. The van der Waals surface area contributed by atoms with E-state index in [0.29, 0.717) is 0 Å². The summed E-state index contributed by atoms with van der Waals surface area (Å²) in [6.45, 7) is 0. The van der Waals surface area contributed by atoms with Gasteiger partial charge in [0.15, 0.2) is 0 Å². The molecule has 0 bridgehead atoms. The number of anilines is 1. The first-order valence-electron chi connectivity index (χ1n) is 5.78. The second-order valence-electron chi connectivity index (χ2n) is 4.32. The van der Waals surface area contributed by atoms with Crippen LogP contribution in [0.3, 0.4) is 0 Å². The lowest BCUT2D eigenvalue weighted by molar-refractivity contribution is 0.873. The van der Waals surface area contributed by atoms with Crippen LogP contribution in [-0.2, 0) is 0 Å². The summed E-state index contributed by atoms with van der Waals surface area (Å²) in [4.78, 5) is 7.28. The Morgan fingerprint density at radius 2 is 1.72 bits per heavy atom. The van der Waals surface area contributed by atoms with Crippen molar-refractivity contribution in [2.75, 3.05) is 5.73 Å². The molecule has 0 spiro atoms. The Labute approximate surface area is 105 Å². The Kier molecular flexibility index (Phi) is 2.50. The minimum absolute atomic E-state index is 0.154. The lowest BCUT2D eigenvalue weighted by Crippen LogP contribution is -2.11. The molecule has 90 valence electrons. The number of H-pyrrole nitrogens is 1. The van der Waals surface area contributed by atoms with E-state index in [0.717, 1.165) is 27.8 Å². The number of nitrogens with one attached hydrogen (secondary N) is 1. The highest BCUT2D eigenvalue weighted by Gasteiger charge is 2.09. The molecular weight excluding hydrogens is 224 g/mol. The van der Waals surface area contributed by atoms with Gasteiger partial charge in [0.2, 0.25) is 0 Å². The van der Waals surface area contributed by atoms with Crippen molar-refractivity contribution in [3.05, 3.63) is 59.9 Å². The Balaban J connectivity index is 2.00. The monoisotopic (exact) mass is 238 g/mol. The highest BCUT2D eigenvalue weighted by Crippen LogP contribution is 2.22. The Morgan fingerprint density at radius 3 is 2.50 bits per heavy atom. The van der Waals surface area contributed by atoms with E-state index >= 15 is 0 Å². The number of nitrogens with zero attached hydrogens (tertiary/aromatic N) is 1. The van der Waals surface area contributed by atoms with Crippen LogP contribution in [-0.4, -0.2) is 9.97 Å². The van der Waals surface area contributed by atoms with Gasteiger partial charge in [0.25, 0.3) is 0 Å². The number of hydrogen-bond acceptors (Lipinski definition) is 3. The van der Waals surface area contributed by atoms with Gasteiger partial charge in [-0.05, 0) is 35.4 Å². The lowest BCUT2D eigenvalue weighted by Gasteiger charge is -2.12. The number of aromatic amines is 1. The van der Waals surface area contributed by atoms with Gasteiger partial charge in [-0.2, -0.15) is 0 Å². The van der Waals surface area contributed by atoms with Crippen LogP contribution in [0.15, 0.2) is 48.8 Å². The zero-order valence-electron chi connectivity index (χ0n) is 9.80. The van der Waals surface area contributed by atoms with E-state index in [1.165, 1.54) is 0 Å². The van der Waals surface area contributed by atoms with Gasteiger partial charge in [-0.3, -0.25) is 0 Å². The van der Waals surface area contributed by atoms with Crippen molar-refractivity contribution in [2.45, 2.75) is 6.04 Å². The molecule has 0 amide bonds. The molecule has 18 heavy (non-hydrogen) atoms. The van der Waals surface area contributed by atoms with E-state index < -0.39 is 0 Å². The predicted molar refractivity (Wildman–Crippen MR) is 73.0 cm³/mol. The second-order valence-corrected chi connectivity index (χ2v) is 4.32. The van der Waals surface area contributed by atoms with Crippen LogP contribution in [0.1, 0.15) is 17.2 Å². The van der Waals surface area contributed by atoms with Gasteiger partial charge >= 0.3 is 0 Å². The van der Waals surface area contributed by atoms with Crippen LogP contribution in [0.4, 0.5) is 5.69 Å².